The van der Waals surface area contributed by atoms with Crippen molar-refractivity contribution in [2.45, 2.75) is 45.2 Å². The van der Waals surface area contributed by atoms with Crippen LogP contribution in [0.15, 0.2) is 18.2 Å². The Balaban J connectivity index is 1.79. The van der Waals surface area contributed by atoms with Gasteiger partial charge in [-0.05, 0) is 56.4 Å². The number of carbonyl (C=O) groups is 1. The molecule has 0 saturated heterocycles. The maximum atomic E-state index is 11.7. The van der Waals surface area contributed by atoms with E-state index in [2.05, 4.69) is 5.32 Å². The molecule has 0 atom stereocenters. The lowest BCUT2D eigenvalue weighted by Gasteiger charge is -2.28. The maximum Gasteiger partial charge on any atom is 0.308 e. The predicted octanol–water partition coefficient (Wildman–Crippen LogP) is 4.20. The van der Waals surface area contributed by atoms with Crippen LogP contribution in [0.2, 0.25) is 10.0 Å². The molecule has 0 amide bonds. The number of rotatable bonds is 5. The van der Waals surface area contributed by atoms with Gasteiger partial charge in [-0.3, -0.25) is 4.79 Å². The SMILES string of the molecule is CCOC(=O)C1CCC(NCc2cc(Cl)ccc2Cl)CC1. The molecule has 0 aromatic heterocycles. The molecule has 0 heterocycles. The zero-order valence-corrected chi connectivity index (χ0v) is 13.7. The van der Waals surface area contributed by atoms with Crippen molar-refractivity contribution in [1.82, 2.24) is 5.32 Å². The summed E-state index contributed by atoms with van der Waals surface area (Å²) in [6.45, 7) is 3.01. The third kappa shape index (κ3) is 4.87. The van der Waals surface area contributed by atoms with Gasteiger partial charge in [0.15, 0.2) is 0 Å². The highest BCUT2D eigenvalue weighted by Gasteiger charge is 2.26. The van der Waals surface area contributed by atoms with Crippen LogP contribution in [0.1, 0.15) is 38.2 Å². The molecule has 1 aromatic carbocycles. The Bertz CT molecular complexity index is 485. The molecule has 0 radical (unpaired) electrons. The summed E-state index contributed by atoms with van der Waals surface area (Å²) in [5.41, 5.74) is 1.01. The van der Waals surface area contributed by atoms with Crippen LogP contribution < -0.4 is 5.32 Å². The summed E-state index contributed by atoms with van der Waals surface area (Å²) in [4.78, 5) is 11.7. The van der Waals surface area contributed by atoms with Gasteiger partial charge in [-0.25, -0.2) is 0 Å². The third-order valence-corrected chi connectivity index (χ3v) is 4.54. The lowest BCUT2D eigenvalue weighted by atomic mass is 9.86. The van der Waals surface area contributed by atoms with Crippen LogP contribution in [0, 0.1) is 5.92 Å². The van der Waals surface area contributed by atoms with Gasteiger partial charge in [0.25, 0.3) is 0 Å². The van der Waals surface area contributed by atoms with Gasteiger partial charge in [0.1, 0.15) is 0 Å². The van der Waals surface area contributed by atoms with Crippen molar-refractivity contribution in [1.29, 1.82) is 0 Å². The highest BCUT2D eigenvalue weighted by molar-refractivity contribution is 6.33. The zero-order valence-electron chi connectivity index (χ0n) is 12.2. The monoisotopic (exact) mass is 329 g/mol. The van der Waals surface area contributed by atoms with E-state index in [-0.39, 0.29) is 11.9 Å². The molecule has 1 aromatic rings. The van der Waals surface area contributed by atoms with E-state index in [0.717, 1.165) is 36.3 Å². The number of hydrogen-bond acceptors (Lipinski definition) is 3. The highest BCUT2D eigenvalue weighted by Crippen LogP contribution is 2.26. The molecule has 3 nitrogen and oxygen atoms in total. The molecule has 1 aliphatic carbocycles. The summed E-state index contributed by atoms with van der Waals surface area (Å²) in [7, 11) is 0. The van der Waals surface area contributed by atoms with E-state index in [9.17, 15) is 4.79 Å². The molecule has 2 rings (SSSR count). The van der Waals surface area contributed by atoms with Gasteiger partial charge in [-0.1, -0.05) is 23.2 Å². The van der Waals surface area contributed by atoms with Gasteiger partial charge in [0.2, 0.25) is 0 Å². The number of hydrogen-bond donors (Lipinski definition) is 1. The molecule has 21 heavy (non-hydrogen) atoms. The van der Waals surface area contributed by atoms with Crippen LogP contribution in [0.5, 0.6) is 0 Å². The summed E-state index contributed by atoms with van der Waals surface area (Å²) >= 11 is 12.1. The van der Waals surface area contributed by atoms with Crippen LogP contribution in [0.4, 0.5) is 0 Å². The van der Waals surface area contributed by atoms with Gasteiger partial charge in [0, 0.05) is 22.6 Å². The van der Waals surface area contributed by atoms with Crippen molar-refractivity contribution in [3.63, 3.8) is 0 Å². The molecule has 5 heteroatoms. The van der Waals surface area contributed by atoms with E-state index in [1.807, 2.05) is 19.1 Å². The van der Waals surface area contributed by atoms with E-state index >= 15 is 0 Å². The average Bonchev–Trinajstić information content (AvgIpc) is 2.49. The second-order valence-corrected chi connectivity index (χ2v) is 6.26. The Labute approximate surface area is 136 Å². The molecular formula is C16H21Cl2NO2. The van der Waals surface area contributed by atoms with Crippen LogP contribution in [-0.4, -0.2) is 18.6 Å². The standard InChI is InChI=1S/C16H21Cl2NO2/c1-2-21-16(20)11-3-6-14(7-4-11)19-10-12-9-13(17)5-8-15(12)18/h5,8-9,11,14,19H,2-4,6-7,10H2,1H3. The largest absolute Gasteiger partial charge is 0.466 e. The number of carbonyl (C=O) groups excluding carboxylic acids is 1. The van der Waals surface area contributed by atoms with Crippen LogP contribution in [0.3, 0.4) is 0 Å². The predicted molar refractivity (Wildman–Crippen MR) is 85.7 cm³/mol. The average molecular weight is 330 g/mol. The first-order valence-electron chi connectivity index (χ1n) is 7.44. The molecule has 0 aliphatic heterocycles. The summed E-state index contributed by atoms with van der Waals surface area (Å²) in [5, 5.41) is 4.93. The number of ether oxygens (including phenoxy) is 1. The lowest BCUT2D eigenvalue weighted by Crippen LogP contribution is -2.35. The second-order valence-electron chi connectivity index (χ2n) is 5.42. The number of esters is 1. The molecular weight excluding hydrogens is 309 g/mol. The van der Waals surface area contributed by atoms with Crippen molar-refractivity contribution < 1.29 is 9.53 Å². The number of halogens is 2. The van der Waals surface area contributed by atoms with Crippen molar-refractivity contribution >= 4 is 29.2 Å². The molecule has 1 fully saturated rings. The fraction of sp³-hybridized carbons (Fsp3) is 0.562. The van der Waals surface area contributed by atoms with Gasteiger partial charge in [-0.15, -0.1) is 0 Å². The van der Waals surface area contributed by atoms with Crippen molar-refractivity contribution in [3.05, 3.63) is 33.8 Å². The third-order valence-electron chi connectivity index (χ3n) is 3.94. The van der Waals surface area contributed by atoms with E-state index in [0.29, 0.717) is 24.2 Å². The normalized spacial score (nSPS) is 22.0. The zero-order chi connectivity index (χ0) is 15.2. The lowest BCUT2D eigenvalue weighted by molar-refractivity contribution is -0.149. The first kappa shape index (κ1) is 16.6. The van der Waals surface area contributed by atoms with Crippen LogP contribution in [0.25, 0.3) is 0 Å². The van der Waals surface area contributed by atoms with Crippen molar-refractivity contribution in [2.75, 3.05) is 6.61 Å². The van der Waals surface area contributed by atoms with Gasteiger partial charge in [-0.2, -0.15) is 0 Å². The fourth-order valence-electron chi connectivity index (χ4n) is 2.73. The molecule has 1 aliphatic rings. The summed E-state index contributed by atoms with van der Waals surface area (Å²) in [6, 6.07) is 5.92. The van der Waals surface area contributed by atoms with E-state index in [4.69, 9.17) is 27.9 Å². The minimum absolute atomic E-state index is 0.0474. The van der Waals surface area contributed by atoms with Gasteiger partial charge in [0.05, 0.1) is 12.5 Å². The smallest absolute Gasteiger partial charge is 0.308 e. The van der Waals surface area contributed by atoms with Crippen molar-refractivity contribution in [2.24, 2.45) is 5.92 Å². The van der Waals surface area contributed by atoms with Crippen LogP contribution in [-0.2, 0) is 16.1 Å². The Morgan fingerprint density at radius 1 is 1.29 bits per heavy atom. The Kier molecular flexibility index (Phi) is 6.34. The summed E-state index contributed by atoms with van der Waals surface area (Å²) < 4.78 is 5.08. The number of nitrogens with one attached hydrogen (secondary N) is 1. The molecule has 0 spiro atoms. The second kappa shape index (κ2) is 8.02. The fourth-order valence-corrected chi connectivity index (χ4v) is 3.11. The quantitative estimate of drug-likeness (QED) is 0.822. The minimum Gasteiger partial charge on any atom is -0.466 e. The van der Waals surface area contributed by atoms with E-state index in [1.54, 1.807) is 6.07 Å². The van der Waals surface area contributed by atoms with Gasteiger partial charge < -0.3 is 10.1 Å². The number of benzene rings is 1. The first-order chi connectivity index (χ1) is 10.1. The molecule has 116 valence electrons. The van der Waals surface area contributed by atoms with E-state index < -0.39 is 0 Å². The molecule has 1 N–H and O–H groups in total. The Morgan fingerprint density at radius 3 is 2.67 bits per heavy atom. The minimum atomic E-state index is -0.0474. The summed E-state index contributed by atoms with van der Waals surface area (Å²) in [5.74, 6) is 0.0200. The molecule has 1 saturated carbocycles. The molecule has 0 bridgehead atoms. The Morgan fingerprint density at radius 2 is 2.00 bits per heavy atom. The topological polar surface area (TPSA) is 38.3 Å². The van der Waals surface area contributed by atoms with Crippen LogP contribution >= 0.6 is 23.2 Å². The maximum absolute atomic E-state index is 11.7. The van der Waals surface area contributed by atoms with E-state index in [1.165, 1.54) is 0 Å². The Hall–Kier alpha value is -0.770. The van der Waals surface area contributed by atoms with Gasteiger partial charge >= 0.3 is 5.97 Å². The highest BCUT2D eigenvalue weighted by atomic mass is 35.5. The summed E-state index contributed by atoms with van der Waals surface area (Å²) in [6.07, 6.45) is 3.75. The first-order valence-corrected chi connectivity index (χ1v) is 8.19. The molecule has 0 unspecified atom stereocenters. The van der Waals surface area contributed by atoms with Crippen molar-refractivity contribution in [3.8, 4) is 0 Å².